The molecule has 1 aromatic carbocycles. The second kappa shape index (κ2) is 3.98. The first-order valence-electron chi connectivity index (χ1n) is 6.00. The summed E-state index contributed by atoms with van der Waals surface area (Å²) < 4.78 is 1.09. The van der Waals surface area contributed by atoms with Crippen molar-refractivity contribution < 1.29 is 0 Å². The molecular formula is C14H15BrN2. The summed E-state index contributed by atoms with van der Waals surface area (Å²) in [4.78, 5) is 4.84. The molecule has 1 aromatic heterocycles. The van der Waals surface area contributed by atoms with E-state index < -0.39 is 0 Å². The molecule has 1 N–H and O–H groups in total. The van der Waals surface area contributed by atoms with Gasteiger partial charge in [-0.1, -0.05) is 6.07 Å². The van der Waals surface area contributed by atoms with Crippen molar-refractivity contribution in [1.82, 2.24) is 4.98 Å². The number of benzene rings is 1. The van der Waals surface area contributed by atoms with Crippen LogP contribution in [0.5, 0.6) is 0 Å². The molecule has 0 saturated heterocycles. The maximum absolute atomic E-state index is 4.84. The molecule has 0 amide bonds. The number of aryl methyl sites for hydroxylation is 2. The molecule has 1 aliphatic rings. The van der Waals surface area contributed by atoms with Crippen molar-refractivity contribution in [3.8, 4) is 0 Å². The molecule has 1 heterocycles. The van der Waals surface area contributed by atoms with Crippen molar-refractivity contribution in [3.63, 3.8) is 0 Å². The van der Waals surface area contributed by atoms with E-state index >= 15 is 0 Å². The number of nitrogens with zero attached hydrogens (tertiary/aromatic N) is 1. The lowest BCUT2D eigenvalue weighted by atomic mass is 10.0. The average Bonchev–Trinajstić information content (AvgIpc) is 2.79. The van der Waals surface area contributed by atoms with Gasteiger partial charge in [0.25, 0.3) is 0 Å². The number of fused-ring (bicyclic) bond motifs is 2. The van der Waals surface area contributed by atoms with E-state index in [4.69, 9.17) is 4.98 Å². The van der Waals surface area contributed by atoms with Crippen LogP contribution < -0.4 is 5.32 Å². The van der Waals surface area contributed by atoms with Gasteiger partial charge < -0.3 is 5.32 Å². The Labute approximate surface area is 110 Å². The fourth-order valence-corrected chi connectivity index (χ4v) is 3.19. The van der Waals surface area contributed by atoms with Gasteiger partial charge in [0, 0.05) is 28.3 Å². The van der Waals surface area contributed by atoms with Crippen molar-refractivity contribution in [2.45, 2.75) is 26.2 Å². The molecule has 0 atom stereocenters. The van der Waals surface area contributed by atoms with Gasteiger partial charge >= 0.3 is 0 Å². The standard InChI is InChI=1S/C14H15BrN2/c1-8-6-7-10(15)14-12(8)13(16-2)9-4-3-5-11(9)17-14/h6-7H,3-5H2,1-2H3,(H,16,17). The minimum absolute atomic E-state index is 1.09. The Balaban J connectivity index is 2.49. The second-order valence-electron chi connectivity index (χ2n) is 4.60. The summed E-state index contributed by atoms with van der Waals surface area (Å²) in [5, 5.41) is 4.64. The highest BCUT2D eigenvalue weighted by Crippen LogP contribution is 2.37. The van der Waals surface area contributed by atoms with E-state index in [1.54, 1.807) is 0 Å². The van der Waals surface area contributed by atoms with Gasteiger partial charge in [-0.05, 0) is 59.3 Å². The van der Waals surface area contributed by atoms with Crippen molar-refractivity contribution in [1.29, 1.82) is 0 Å². The highest BCUT2D eigenvalue weighted by Gasteiger charge is 2.20. The minimum atomic E-state index is 1.09. The van der Waals surface area contributed by atoms with Crippen molar-refractivity contribution in [2.24, 2.45) is 0 Å². The van der Waals surface area contributed by atoms with Crippen molar-refractivity contribution in [2.75, 3.05) is 12.4 Å². The van der Waals surface area contributed by atoms with Crippen LogP contribution in [0.2, 0.25) is 0 Å². The fourth-order valence-electron chi connectivity index (χ4n) is 2.77. The first-order chi connectivity index (χ1) is 8.22. The molecule has 1 aliphatic carbocycles. The maximum Gasteiger partial charge on any atom is 0.0870 e. The summed E-state index contributed by atoms with van der Waals surface area (Å²) >= 11 is 3.61. The number of nitrogens with one attached hydrogen (secondary N) is 1. The Morgan fingerprint density at radius 3 is 2.88 bits per heavy atom. The van der Waals surface area contributed by atoms with Crippen LogP contribution in [0.1, 0.15) is 23.2 Å². The SMILES string of the molecule is CNc1c2c(nc3c(Br)ccc(C)c13)CCC2. The Bertz CT molecular complexity index is 605. The van der Waals surface area contributed by atoms with Crippen LogP contribution in [-0.4, -0.2) is 12.0 Å². The summed E-state index contributed by atoms with van der Waals surface area (Å²) in [6.07, 6.45) is 3.49. The lowest BCUT2D eigenvalue weighted by Crippen LogP contribution is -2.01. The first kappa shape index (κ1) is 11.0. The molecule has 0 bridgehead atoms. The van der Waals surface area contributed by atoms with Crippen LogP contribution in [0.4, 0.5) is 5.69 Å². The maximum atomic E-state index is 4.84. The molecule has 17 heavy (non-hydrogen) atoms. The Kier molecular flexibility index (Phi) is 2.58. The van der Waals surface area contributed by atoms with Gasteiger partial charge in [-0.15, -0.1) is 0 Å². The topological polar surface area (TPSA) is 24.9 Å². The van der Waals surface area contributed by atoms with Crippen molar-refractivity contribution in [3.05, 3.63) is 33.4 Å². The van der Waals surface area contributed by atoms with Gasteiger partial charge in [0.05, 0.1) is 5.52 Å². The number of rotatable bonds is 1. The number of anilines is 1. The van der Waals surface area contributed by atoms with Crippen LogP contribution in [0, 0.1) is 6.92 Å². The molecular weight excluding hydrogens is 276 g/mol. The van der Waals surface area contributed by atoms with Crippen LogP contribution in [-0.2, 0) is 12.8 Å². The Morgan fingerprint density at radius 2 is 2.12 bits per heavy atom. The molecule has 0 saturated carbocycles. The van der Waals surface area contributed by atoms with Crippen LogP contribution in [0.15, 0.2) is 16.6 Å². The second-order valence-corrected chi connectivity index (χ2v) is 5.46. The van der Waals surface area contributed by atoms with Gasteiger partial charge in [0.15, 0.2) is 0 Å². The van der Waals surface area contributed by atoms with E-state index in [-0.39, 0.29) is 0 Å². The molecule has 0 aliphatic heterocycles. The van der Waals surface area contributed by atoms with Crippen molar-refractivity contribution >= 4 is 32.5 Å². The molecule has 0 spiro atoms. The fraction of sp³-hybridized carbons (Fsp3) is 0.357. The average molecular weight is 291 g/mol. The van der Waals surface area contributed by atoms with Crippen LogP contribution >= 0.6 is 15.9 Å². The van der Waals surface area contributed by atoms with Gasteiger partial charge in [0.2, 0.25) is 0 Å². The third kappa shape index (κ3) is 1.56. The summed E-state index contributed by atoms with van der Waals surface area (Å²) in [5.41, 5.74) is 6.35. The van der Waals surface area contributed by atoms with Crippen LogP contribution in [0.3, 0.4) is 0 Å². The molecule has 3 rings (SSSR count). The van der Waals surface area contributed by atoms with E-state index in [1.807, 2.05) is 7.05 Å². The lowest BCUT2D eigenvalue weighted by Gasteiger charge is -2.14. The van der Waals surface area contributed by atoms with E-state index in [1.165, 1.54) is 34.3 Å². The minimum Gasteiger partial charge on any atom is -0.387 e. The van der Waals surface area contributed by atoms with E-state index in [0.29, 0.717) is 0 Å². The predicted molar refractivity (Wildman–Crippen MR) is 75.8 cm³/mol. The Hall–Kier alpha value is -1.09. The smallest absolute Gasteiger partial charge is 0.0870 e. The third-order valence-electron chi connectivity index (χ3n) is 3.57. The molecule has 2 nitrogen and oxygen atoms in total. The first-order valence-corrected chi connectivity index (χ1v) is 6.80. The van der Waals surface area contributed by atoms with Crippen LogP contribution in [0.25, 0.3) is 10.9 Å². The number of halogens is 1. The number of hydrogen-bond acceptors (Lipinski definition) is 2. The van der Waals surface area contributed by atoms with Gasteiger partial charge in [-0.25, -0.2) is 0 Å². The molecule has 0 fully saturated rings. The lowest BCUT2D eigenvalue weighted by molar-refractivity contribution is 0.901. The summed E-state index contributed by atoms with van der Waals surface area (Å²) in [6.45, 7) is 2.15. The van der Waals surface area contributed by atoms with E-state index in [0.717, 1.165) is 22.8 Å². The van der Waals surface area contributed by atoms with E-state index in [9.17, 15) is 0 Å². The summed E-state index contributed by atoms with van der Waals surface area (Å²) in [6, 6.07) is 4.24. The largest absolute Gasteiger partial charge is 0.387 e. The number of hydrogen-bond donors (Lipinski definition) is 1. The Morgan fingerprint density at radius 1 is 1.29 bits per heavy atom. The zero-order valence-corrected chi connectivity index (χ0v) is 11.7. The van der Waals surface area contributed by atoms with Gasteiger partial charge in [-0.3, -0.25) is 4.98 Å². The monoisotopic (exact) mass is 290 g/mol. The third-order valence-corrected chi connectivity index (χ3v) is 4.21. The van der Waals surface area contributed by atoms with Gasteiger partial charge in [0.1, 0.15) is 0 Å². The molecule has 88 valence electrons. The quantitative estimate of drug-likeness (QED) is 0.863. The predicted octanol–water partition coefficient (Wildman–Crippen LogP) is 3.84. The highest BCUT2D eigenvalue weighted by atomic mass is 79.9. The molecule has 0 unspecified atom stereocenters. The zero-order chi connectivity index (χ0) is 12.0. The van der Waals surface area contributed by atoms with Gasteiger partial charge in [-0.2, -0.15) is 0 Å². The zero-order valence-electron chi connectivity index (χ0n) is 10.1. The van der Waals surface area contributed by atoms with E-state index in [2.05, 4.69) is 40.3 Å². The number of aromatic nitrogens is 1. The normalized spacial score (nSPS) is 14.1. The molecule has 2 aromatic rings. The molecule has 0 radical (unpaired) electrons. The summed E-state index contributed by atoms with van der Waals surface area (Å²) in [5.74, 6) is 0. The molecule has 3 heteroatoms. The number of pyridine rings is 1. The summed E-state index contributed by atoms with van der Waals surface area (Å²) in [7, 11) is 2.01. The highest BCUT2D eigenvalue weighted by molar-refractivity contribution is 9.10.